The molecular formula is C8H14Cl2O. The van der Waals surface area contributed by atoms with Crippen LogP contribution in [0.25, 0.3) is 0 Å². The lowest BCUT2D eigenvalue weighted by atomic mass is 9.94. The number of hydrogen-bond donors (Lipinski definition) is 0. The van der Waals surface area contributed by atoms with Gasteiger partial charge in [-0.1, -0.05) is 20.8 Å². The molecule has 0 fully saturated rings. The van der Waals surface area contributed by atoms with Crippen molar-refractivity contribution in [2.24, 2.45) is 5.92 Å². The van der Waals surface area contributed by atoms with Gasteiger partial charge >= 0.3 is 0 Å². The van der Waals surface area contributed by atoms with Gasteiger partial charge in [-0.3, -0.25) is 0 Å². The third kappa shape index (κ3) is 2.64. The molecule has 0 aliphatic carbocycles. The van der Waals surface area contributed by atoms with E-state index in [2.05, 4.69) is 0 Å². The largest absolute Gasteiger partial charge is 0.301 e. The van der Waals surface area contributed by atoms with E-state index in [0.717, 1.165) is 6.29 Å². The molecular weight excluding hydrogens is 183 g/mol. The van der Waals surface area contributed by atoms with Crippen LogP contribution in [0.5, 0.6) is 0 Å². The summed E-state index contributed by atoms with van der Waals surface area (Å²) in [5.41, 5.74) is 0. The molecule has 0 aliphatic rings. The Hall–Kier alpha value is 0.250. The monoisotopic (exact) mass is 196 g/mol. The standard InChI is InChI=1S/C8H14Cl2O/c1-4-8(10,5-11)7(9)6(2)3/h5-7H,4H2,1-3H3/t7-,8-/m1/s1. The van der Waals surface area contributed by atoms with E-state index < -0.39 is 4.87 Å². The van der Waals surface area contributed by atoms with Crippen molar-refractivity contribution in [2.75, 3.05) is 0 Å². The highest BCUT2D eigenvalue weighted by Gasteiger charge is 2.35. The van der Waals surface area contributed by atoms with Crippen molar-refractivity contribution < 1.29 is 4.79 Å². The lowest BCUT2D eigenvalue weighted by Crippen LogP contribution is -2.37. The molecule has 3 heteroatoms. The number of carbonyl (C=O) groups excluding carboxylic acids is 1. The smallest absolute Gasteiger partial charge is 0.142 e. The number of rotatable bonds is 4. The first kappa shape index (κ1) is 11.2. The fraction of sp³-hybridized carbons (Fsp3) is 0.875. The number of alkyl halides is 2. The van der Waals surface area contributed by atoms with Gasteiger partial charge in [0.2, 0.25) is 0 Å². The quantitative estimate of drug-likeness (QED) is 0.500. The minimum absolute atomic E-state index is 0.222. The van der Waals surface area contributed by atoms with E-state index in [9.17, 15) is 4.79 Å². The Labute approximate surface area is 78.1 Å². The zero-order chi connectivity index (χ0) is 9.07. The van der Waals surface area contributed by atoms with E-state index in [1.165, 1.54) is 0 Å². The van der Waals surface area contributed by atoms with Gasteiger partial charge in [0, 0.05) is 0 Å². The molecule has 66 valence electrons. The average Bonchev–Trinajstić information content (AvgIpc) is 2.01. The van der Waals surface area contributed by atoms with Gasteiger partial charge in [0.15, 0.2) is 0 Å². The third-order valence-electron chi connectivity index (χ3n) is 1.78. The summed E-state index contributed by atoms with van der Waals surface area (Å²) in [6.07, 6.45) is 1.32. The summed E-state index contributed by atoms with van der Waals surface area (Å²) in [4.78, 5) is 9.71. The van der Waals surface area contributed by atoms with Crippen molar-refractivity contribution in [1.82, 2.24) is 0 Å². The molecule has 0 unspecified atom stereocenters. The first-order valence-electron chi connectivity index (χ1n) is 3.77. The molecule has 0 amide bonds. The maximum atomic E-state index is 10.6. The maximum Gasteiger partial charge on any atom is 0.142 e. The Morgan fingerprint density at radius 1 is 1.55 bits per heavy atom. The number of halogens is 2. The van der Waals surface area contributed by atoms with Gasteiger partial charge in [0.1, 0.15) is 11.2 Å². The summed E-state index contributed by atoms with van der Waals surface area (Å²) in [5.74, 6) is 0.222. The Kier molecular flexibility index (Phi) is 4.42. The van der Waals surface area contributed by atoms with Gasteiger partial charge in [-0.15, -0.1) is 23.2 Å². The lowest BCUT2D eigenvalue weighted by molar-refractivity contribution is -0.110. The summed E-state index contributed by atoms with van der Waals surface area (Å²) in [6.45, 7) is 5.76. The fourth-order valence-electron chi connectivity index (χ4n) is 0.897. The summed E-state index contributed by atoms with van der Waals surface area (Å²) < 4.78 is 0. The Bertz CT molecular complexity index is 136. The van der Waals surface area contributed by atoms with Crippen LogP contribution in [-0.4, -0.2) is 16.5 Å². The molecule has 2 atom stereocenters. The van der Waals surface area contributed by atoms with Gasteiger partial charge in [0.25, 0.3) is 0 Å². The first-order chi connectivity index (χ1) is 4.98. The van der Waals surface area contributed by atoms with Crippen molar-refractivity contribution >= 4 is 29.5 Å². The second kappa shape index (κ2) is 4.32. The van der Waals surface area contributed by atoms with Crippen molar-refractivity contribution in [1.29, 1.82) is 0 Å². The molecule has 0 spiro atoms. The van der Waals surface area contributed by atoms with Gasteiger partial charge in [0.05, 0.1) is 5.38 Å². The molecule has 0 heterocycles. The first-order valence-corrected chi connectivity index (χ1v) is 4.58. The predicted octanol–water partition coefficient (Wildman–Crippen LogP) is 2.84. The van der Waals surface area contributed by atoms with Crippen LogP contribution in [0.15, 0.2) is 0 Å². The van der Waals surface area contributed by atoms with Crippen molar-refractivity contribution in [3.05, 3.63) is 0 Å². The fourth-order valence-corrected chi connectivity index (χ4v) is 1.36. The Morgan fingerprint density at radius 2 is 2.00 bits per heavy atom. The van der Waals surface area contributed by atoms with Crippen molar-refractivity contribution in [2.45, 2.75) is 37.4 Å². The number of aldehydes is 1. The Morgan fingerprint density at radius 3 is 2.09 bits per heavy atom. The minimum Gasteiger partial charge on any atom is -0.301 e. The molecule has 0 saturated carbocycles. The topological polar surface area (TPSA) is 17.1 Å². The van der Waals surface area contributed by atoms with E-state index in [4.69, 9.17) is 23.2 Å². The molecule has 0 N–H and O–H groups in total. The van der Waals surface area contributed by atoms with Crippen LogP contribution in [0.3, 0.4) is 0 Å². The van der Waals surface area contributed by atoms with E-state index >= 15 is 0 Å². The zero-order valence-corrected chi connectivity index (χ0v) is 8.62. The van der Waals surface area contributed by atoms with Crippen LogP contribution in [0, 0.1) is 5.92 Å². The third-order valence-corrected chi connectivity index (χ3v) is 3.38. The molecule has 0 aromatic carbocycles. The molecule has 0 aliphatic heterocycles. The summed E-state index contributed by atoms with van der Waals surface area (Å²) in [5, 5.41) is -0.285. The van der Waals surface area contributed by atoms with Crippen molar-refractivity contribution in [3.63, 3.8) is 0 Å². The minimum atomic E-state index is -0.879. The maximum absolute atomic E-state index is 10.6. The van der Waals surface area contributed by atoms with E-state index in [1.54, 1.807) is 0 Å². The highest BCUT2D eigenvalue weighted by Crippen LogP contribution is 2.30. The van der Waals surface area contributed by atoms with Gasteiger partial charge < -0.3 is 4.79 Å². The molecule has 0 bridgehead atoms. The van der Waals surface area contributed by atoms with Crippen LogP contribution < -0.4 is 0 Å². The molecule has 1 nitrogen and oxygen atoms in total. The van der Waals surface area contributed by atoms with E-state index in [1.807, 2.05) is 20.8 Å². The molecule has 0 rings (SSSR count). The summed E-state index contributed by atoms with van der Waals surface area (Å²) in [6, 6.07) is 0. The second-order valence-corrected chi connectivity index (χ2v) is 4.22. The van der Waals surface area contributed by atoms with E-state index in [-0.39, 0.29) is 11.3 Å². The number of hydrogen-bond acceptors (Lipinski definition) is 1. The highest BCUT2D eigenvalue weighted by atomic mass is 35.5. The molecule has 0 saturated heterocycles. The van der Waals surface area contributed by atoms with Crippen LogP contribution in [0.2, 0.25) is 0 Å². The van der Waals surface area contributed by atoms with E-state index in [0.29, 0.717) is 6.42 Å². The zero-order valence-electron chi connectivity index (χ0n) is 7.10. The SMILES string of the molecule is CC[C@@](Cl)(C=O)[C@H](Cl)C(C)C. The molecule has 0 aromatic heterocycles. The predicted molar refractivity (Wildman–Crippen MR) is 49.4 cm³/mol. The Balaban J connectivity index is 4.36. The molecule has 0 radical (unpaired) electrons. The average molecular weight is 197 g/mol. The molecule has 11 heavy (non-hydrogen) atoms. The van der Waals surface area contributed by atoms with Gasteiger partial charge in [-0.05, 0) is 12.3 Å². The molecule has 0 aromatic rings. The lowest BCUT2D eigenvalue weighted by Gasteiger charge is -2.27. The van der Waals surface area contributed by atoms with Crippen LogP contribution >= 0.6 is 23.2 Å². The van der Waals surface area contributed by atoms with Crippen LogP contribution in [0.1, 0.15) is 27.2 Å². The number of carbonyl (C=O) groups is 1. The second-order valence-electron chi connectivity index (χ2n) is 3.04. The normalized spacial score (nSPS) is 19.5. The van der Waals surface area contributed by atoms with Crippen molar-refractivity contribution in [3.8, 4) is 0 Å². The summed E-state index contributed by atoms with van der Waals surface area (Å²) in [7, 11) is 0. The van der Waals surface area contributed by atoms with Gasteiger partial charge in [-0.2, -0.15) is 0 Å². The summed E-state index contributed by atoms with van der Waals surface area (Å²) >= 11 is 11.9. The van der Waals surface area contributed by atoms with Crippen LogP contribution in [0.4, 0.5) is 0 Å². The van der Waals surface area contributed by atoms with Crippen LogP contribution in [-0.2, 0) is 4.79 Å². The van der Waals surface area contributed by atoms with Gasteiger partial charge in [-0.25, -0.2) is 0 Å². The highest BCUT2D eigenvalue weighted by molar-refractivity contribution is 6.38.